The van der Waals surface area contributed by atoms with E-state index in [9.17, 15) is 0 Å². The van der Waals surface area contributed by atoms with Gasteiger partial charge in [0.05, 0.1) is 0 Å². The van der Waals surface area contributed by atoms with E-state index in [1.165, 1.54) is 98.0 Å². The summed E-state index contributed by atoms with van der Waals surface area (Å²) in [5.74, 6) is 0. The van der Waals surface area contributed by atoms with E-state index in [-0.39, 0.29) is 0 Å². The highest BCUT2D eigenvalue weighted by atomic mass is 16.3. The minimum atomic E-state index is 0.904. The molecule has 0 aliphatic rings. The molecule has 0 unspecified atom stereocenters. The van der Waals surface area contributed by atoms with Gasteiger partial charge in [0.1, 0.15) is 11.2 Å². The topological polar surface area (TPSA) is 13.1 Å². The van der Waals surface area contributed by atoms with Crippen LogP contribution in [0.5, 0.6) is 0 Å². The van der Waals surface area contributed by atoms with Crippen LogP contribution in [0.2, 0.25) is 0 Å². The molecule has 0 aliphatic heterocycles. The molecule has 0 saturated heterocycles. The van der Waals surface area contributed by atoms with Crippen LogP contribution in [-0.4, -0.2) is 0 Å². The molecular weight excluding hydrogens is 665 g/mol. The molecule has 12 aromatic rings. The molecular formula is C54H32O. The third-order valence-corrected chi connectivity index (χ3v) is 11.8. The molecule has 11 aromatic carbocycles. The smallest absolute Gasteiger partial charge is 0.136 e. The summed E-state index contributed by atoms with van der Waals surface area (Å²) in [6.45, 7) is 0. The molecule has 0 aliphatic carbocycles. The van der Waals surface area contributed by atoms with Gasteiger partial charge in [-0.05, 0) is 122 Å². The van der Waals surface area contributed by atoms with Gasteiger partial charge < -0.3 is 4.42 Å². The minimum absolute atomic E-state index is 0.904. The molecule has 55 heavy (non-hydrogen) atoms. The molecule has 0 amide bonds. The fourth-order valence-electron chi connectivity index (χ4n) is 9.44. The second-order valence-corrected chi connectivity index (χ2v) is 14.7. The lowest BCUT2D eigenvalue weighted by molar-refractivity contribution is 0.669. The maximum absolute atomic E-state index is 6.47. The third-order valence-electron chi connectivity index (χ3n) is 11.8. The summed E-state index contributed by atoms with van der Waals surface area (Å²) < 4.78 is 6.47. The van der Waals surface area contributed by atoms with Gasteiger partial charge in [0.25, 0.3) is 0 Å². The molecule has 1 aromatic heterocycles. The molecule has 0 spiro atoms. The molecule has 0 atom stereocenters. The van der Waals surface area contributed by atoms with Crippen molar-refractivity contribution in [3.63, 3.8) is 0 Å². The van der Waals surface area contributed by atoms with E-state index in [1.54, 1.807) is 0 Å². The van der Waals surface area contributed by atoms with Gasteiger partial charge in [-0.1, -0.05) is 170 Å². The Balaban J connectivity index is 1.24. The monoisotopic (exact) mass is 696 g/mol. The highest BCUT2D eigenvalue weighted by molar-refractivity contribution is 6.33. The predicted octanol–water partition coefficient (Wildman–Crippen LogP) is 15.5. The van der Waals surface area contributed by atoms with Crippen molar-refractivity contribution in [2.45, 2.75) is 0 Å². The highest BCUT2D eigenvalue weighted by Gasteiger charge is 2.23. The van der Waals surface area contributed by atoms with Gasteiger partial charge >= 0.3 is 0 Å². The van der Waals surface area contributed by atoms with Gasteiger partial charge in [0.15, 0.2) is 0 Å². The summed E-state index contributed by atoms with van der Waals surface area (Å²) in [6.07, 6.45) is 0. The Hall–Kier alpha value is -7.22. The first-order chi connectivity index (χ1) is 27.3. The van der Waals surface area contributed by atoms with E-state index in [2.05, 4.69) is 194 Å². The molecule has 254 valence electrons. The summed E-state index contributed by atoms with van der Waals surface area (Å²) >= 11 is 0. The van der Waals surface area contributed by atoms with E-state index in [1.807, 2.05) is 0 Å². The predicted molar refractivity (Wildman–Crippen MR) is 235 cm³/mol. The molecule has 1 nitrogen and oxygen atoms in total. The van der Waals surface area contributed by atoms with Gasteiger partial charge in [-0.2, -0.15) is 0 Å². The standard InChI is InChI=1S/C54H32O/c1-2-14-33(15-3-1)37-27-28-46-40-20-7-6-18-38(40)39-19-8-9-21-41(39)52(46)54(37)53-44-24-12-10-22-42(44)51(43-23-11-13-25-45(43)53)36-26-29-49-47(31-36)48-30-34-16-4-5-17-35(34)32-50(48)55-49/h1-32H. The van der Waals surface area contributed by atoms with E-state index in [4.69, 9.17) is 4.42 Å². The molecule has 12 rings (SSSR count). The van der Waals surface area contributed by atoms with Crippen LogP contribution in [0.3, 0.4) is 0 Å². The quantitative estimate of drug-likeness (QED) is 0.132. The number of rotatable bonds is 3. The number of fused-ring (bicyclic) bond motifs is 12. The third kappa shape index (κ3) is 4.41. The van der Waals surface area contributed by atoms with Gasteiger partial charge in [0.2, 0.25) is 0 Å². The van der Waals surface area contributed by atoms with Crippen molar-refractivity contribution >= 4 is 86.6 Å². The van der Waals surface area contributed by atoms with Crippen molar-refractivity contribution in [2.24, 2.45) is 0 Å². The Morgan fingerprint density at radius 2 is 0.745 bits per heavy atom. The maximum Gasteiger partial charge on any atom is 0.136 e. The number of hydrogen-bond acceptors (Lipinski definition) is 1. The zero-order valence-electron chi connectivity index (χ0n) is 29.9. The van der Waals surface area contributed by atoms with Crippen LogP contribution in [0.4, 0.5) is 0 Å². The summed E-state index contributed by atoms with van der Waals surface area (Å²) in [5, 5.41) is 17.3. The Bertz CT molecular complexity index is 3440. The fourth-order valence-corrected chi connectivity index (χ4v) is 9.44. The van der Waals surface area contributed by atoms with E-state index < -0.39 is 0 Å². The maximum atomic E-state index is 6.47. The summed E-state index contributed by atoms with van der Waals surface area (Å²) in [5.41, 5.74) is 9.22. The normalized spacial score (nSPS) is 12.0. The first-order valence-corrected chi connectivity index (χ1v) is 19.0. The largest absolute Gasteiger partial charge is 0.456 e. The highest BCUT2D eigenvalue weighted by Crippen LogP contribution is 2.51. The van der Waals surface area contributed by atoms with Crippen LogP contribution in [-0.2, 0) is 0 Å². The molecule has 1 heteroatoms. The number of furan rings is 1. The number of benzene rings is 11. The van der Waals surface area contributed by atoms with Gasteiger partial charge in [0, 0.05) is 10.8 Å². The fraction of sp³-hybridized carbons (Fsp3) is 0. The van der Waals surface area contributed by atoms with Gasteiger partial charge in [-0.25, -0.2) is 0 Å². The van der Waals surface area contributed by atoms with E-state index >= 15 is 0 Å². The molecule has 0 saturated carbocycles. The van der Waals surface area contributed by atoms with Crippen LogP contribution in [0.15, 0.2) is 199 Å². The summed E-state index contributed by atoms with van der Waals surface area (Å²) in [6, 6.07) is 71.2. The van der Waals surface area contributed by atoms with Gasteiger partial charge in [-0.3, -0.25) is 0 Å². The van der Waals surface area contributed by atoms with Gasteiger partial charge in [-0.15, -0.1) is 0 Å². The molecule has 0 fully saturated rings. The van der Waals surface area contributed by atoms with Crippen LogP contribution < -0.4 is 0 Å². The van der Waals surface area contributed by atoms with Crippen molar-refractivity contribution in [1.82, 2.24) is 0 Å². The Labute approximate surface area is 317 Å². The lowest BCUT2D eigenvalue weighted by Gasteiger charge is -2.23. The molecule has 0 bridgehead atoms. The SMILES string of the molecule is c1ccc(-c2ccc3c4ccccc4c4ccccc4c3c2-c2c3ccccc3c(-c3ccc4oc5cc6ccccc6cc5c4c3)c3ccccc23)cc1. The second kappa shape index (κ2) is 11.6. The molecule has 0 N–H and O–H groups in total. The average Bonchev–Trinajstić information content (AvgIpc) is 3.61. The Morgan fingerprint density at radius 3 is 1.40 bits per heavy atom. The molecule has 1 heterocycles. The number of hydrogen-bond donors (Lipinski definition) is 0. The second-order valence-electron chi connectivity index (χ2n) is 14.7. The Kier molecular flexibility index (Phi) is 6.40. The summed E-state index contributed by atoms with van der Waals surface area (Å²) in [4.78, 5) is 0. The average molecular weight is 697 g/mol. The molecule has 0 radical (unpaired) electrons. The van der Waals surface area contributed by atoms with Crippen molar-refractivity contribution in [2.75, 3.05) is 0 Å². The lowest BCUT2D eigenvalue weighted by atomic mass is 9.80. The summed E-state index contributed by atoms with van der Waals surface area (Å²) in [7, 11) is 0. The van der Waals surface area contributed by atoms with Crippen molar-refractivity contribution < 1.29 is 4.42 Å². The Morgan fingerprint density at radius 1 is 0.255 bits per heavy atom. The van der Waals surface area contributed by atoms with E-state index in [0.29, 0.717) is 0 Å². The van der Waals surface area contributed by atoms with Crippen molar-refractivity contribution in [3.05, 3.63) is 194 Å². The van der Waals surface area contributed by atoms with Crippen LogP contribution in [0.25, 0.3) is 120 Å². The van der Waals surface area contributed by atoms with Crippen molar-refractivity contribution in [1.29, 1.82) is 0 Å². The van der Waals surface area contributed by atoms with Crippen LogP contribution >= 0.6 is 0 Å². The lowest BCUT2D eigenvalue weighted by Crippen LogP contribution is -1.95. The zero-order valence-corrected chi connectivity index (χ0v) is 29.9. The first kappa shape index (κ1) is 30.3. The minimum Gasteiger partial charge on any atom is -0.456 e. The zero-order chi connectivity index (χ0) is 36.0. The van der Waals surface area contributed by atoms with Crippen LogP contribution in [0, 0.1) is 0 Å². The van der Waals surface area contributed by atoms with E-state index in [0.717, 1.165) is 21.9 Å². The van der Waals surface area contributed by atoms with Crippen LogP contribution in [0.1, 0.15) is 0 Å². The first-order valence-electron chi connectivity index (χ1n) is 19.0. The van der Waals surface area contributed by atoms with Crippen molar-refractivity contribution in [3.8, 4) is 33.4 Å².